The van der Waals surface area contributed by atoms with Crippen molar-refractivity contribution in [3.05, 3.63) is 65.2 Å². The maximum atomic E-state index is 5.72. The predicted molar refractivity (Wildman–Crippen MR) is 86.9 cm³/mol. The second-order valence-electron chi connectivity index (χ2n) is 5.78. The summed E-state index contributed by atoms with van der Waals surface area (Å²) in [7, 11) is 2.04. The normalized spacial score (nSPS) is 16.7. The number of benzene rings is 2. The second kappa shape index (κ2) is 6.31. The van der Waals surface area contributed by atoms with Gasteiger partial charge in [0.05, 0.1) is 6.61 Å². The first-order valence-corrected chi connectivity index (χ1v) is 7.77. The molecule has 1 aliphatic rings. The largest absolute Gasteiger partial charge is 0.493 e. The molecule has 110 valence electrons. The van der Waals surface area contributed by atoms with E-state index in [9.17, 15) is 0 Å². The van der Waals surface area contributed by atoms with Gasteiger partial charge in [0.25, 0.3) is 0 Å². The SMILES string of the molecule is CNC(c1ccc2c(c1)CCCO2)C(C)c1ccccc1. The van der Waals surface area contributed by atoms with E-state index < -0.39 is 0 Å². The van der Waals surface area contributed by atoms with Crippen molar-refractivity contribution in [1.82, 2.24) is 5.32 Å². The molecule has 2 atom stereocenters. The van der Waals surface area contributed by atoms with Gasteiger partial charge >= 0.3 is 0 Å². The molecule has 1 heterocycles. The smallest absolute Gasteiger partial charge is 0.122 e. The number of hydrogen-bond acceptors (Lipinski definition) is 2. The molecule has 2 nitrogen and oxygen atoms in total. The van der Waals surface area contributed by atoms with E-state index in [-0.39, 0.29) is 0 Å². The Bertz CT molecular complexity index is 594. The highest BCUT2D eigenvalue weighted by Gasteiger charge is 2.21. The van der Waals surface area contributed by atoms with E-state index in [0.717, 1.165) is 25.2 Å². The average Bonchev–Trinajstić information content (AvgIpc) is 2.56. The van der Waals surface area contributed by atoms with Crippen LogP contribution in [0.15, 0.2) is 48.5 Å². The van der Waals surface area contributed by atoms with Gasteiger partial charge in [-0.3, -0.25) is 0 Å². The van der Waals surface area contributed by atoms with Crippen LogP contribution in [0, 0.1) is 0 Å². The molecule has 0 radical (unpaired) electrons. The highest BCUT2D eigenvalue weighted by atomic mass is 16.5. The van der Waals surface area contributed by atoms with E-state index >= 15 is 0 Å². The Morgan fingerprint density at radius 2 is 1.86 bits per heavy atom. The predicted octanol–water partition coefficient (Wildman–Crippen LogP) is 4.08. The molecule has 3 rings (SSSR count). The molecular weight excluding hydrogens is 258 g/mol. The lowest BCUT2D eigenvalue weighted by Gasteiger charge is -2.26. The Hall–Kier alpha value is -1.80. The van der Waals surface area contributed by atoms with Crippen molar-refractivity contribution in [2.45, 2.75) is 31.7 Å². The maximum absolute atomic E-state index is 5.72. The molecule has 2 aromatic carbocycles. The lowest BCUT2D eigenvalue weighted by molar-refractivity contribution is 0.288. The number of fused-ring (bicyclic) bond motifs is 1. The average molecular weight is 281 g/mol. The second-order valence-corrected chi connectivity index (χ2v) is 5.78. The van der Waals surface area contributed by atoms with Crippen LogP contribution in [0.25, 0.3) is 0 Å². The Morgan fingerprint density at radius 1 is 1.05 bits per heavy atom. The zero-order valence-electron chi connectivity index (χ0n) is 12.8. The van der Waals surface area contributed by atoms with E-state index in [1.54, 1.807) is 0 Å². The number of nitrogens with one attached hydrogen (secondary N) is 1. The van der Waals surface area contributed by atoms with E-state index in [4.69, 9.17) is 4.74 Å². The third-order valence-corrected chi connectivity index (χ3v) is 4.43. The zero-order valence-corrected chi connectivity index (χ0v) is 12.8. The lowest BCUT2D eigenvalue weighted by Crippen LogP contribution is -2.22. The molecule has 2 heteroatoms. The molecule has 1 aliphatic heterocycles. The topological polar surface area (TPSA) is 21.3 Å². The van der Waals surface area contributed by atoms with Crippen molar-refractivity contribution in [1.29, 1.82) is 0 Å². The molecular formula is C19H23NO. The minimum atomic E-state index is 0.319. The number of ether oxygens (including phenoxy) is 1. The molecule has 0 bridgehead atoms. The monoisotopic (exact) mass is 281 g/mol. The summed E-state index contributed by atoms with van der Waals surface area (Å²) in [5.41, 5.74) is 4.06. The molecule has 0 aromatic heterocycles. The van der Waals surface area contributed by atoms with Crippen LogP contribution in [0.1, 0.15) is 42.0 Å². The standard InChI is InChI=1S/C19H23NO/c1-14(15-7-4-3-5-8-15)19(20-2)17-10-11-18-16(13-17)9-6-12-21-18/h3-5,7-8,10-11,13-14,19-20H,6,9,12H2,1-2H3. The van der Waals surface area contributed by atoms with Crippen LogP contribution >= 0.6 is 0 Å². The van der Waals surface area contributed by atoms with Gasteiger partial charge in [-0.15, -0.1) is 0 Å². The van der Waals surface area contributed by atoms with Crippen LogP contribution in [0.2, 0.25) is 0 Å². The van der Waals surface area contributed by atoms with Gasteiger partial charge in [0.15, 0.2) is 0 Å². The fourth-order valence-corrected chi connectivity index (χ4v) is 3.23. The van der Waals surface area contributed by atoms with Crippen molar-refractivity contribution in [2.24, 2.45) is 0 Å². The summed E-state index contributed by atoms with van der Waals surface area (Å²) in [5, 5.41) is 3.48. The molecule has 2 unspecified atom stereocenters. The van der Waals surface area contributed by atoms with Gasteiger partial charge in [-0.05, 0) is 42.6 Å². The third kappa shape index (κ3) is 2.96. The molecule has 0 aliphatic carbocycles. The summed E-state index contributed by atoms with van der Waals surface area (Å²) >= 11 is 0. The summed E-state index contributed by atoms with van der Waals surface area (Å²) in [6, 6.07) is 17.7. The first kappa shape index (κ1) is 14.2. The molecule has 0 spiro atoms. The fraction of sp³-hybridized carbons (Fsp3) is 0.368. The Kier molecular flexibility index (Phi) is 4.26. The van der Waals surface area contributed by atoms with Crippen molar-refractivity contribution in [3.63, 3.8) is 0 Å². The van der Waals surface area contributed by atoms with E-state index in [1.807, 2.05) is 7.05 Å². The van der Waals surface area contributed by atoms with Crippen LogP contribution in [0.4, 0.5) is 0 Å². The molecule has 0 saturated carbocycles. The number of hydrogen-bond donors (Lipinski definition) is 1. The molecule has 0 amide bonds. The fourth-order valence-electron chi connectivity index (χ4n) is 3.23. The van der Waals surface area contributed by atoms with Gasteiger partial charge in [0.2, 0.25) is 0 Å². The first-order chi connectivity index (χ1) is 10.3. The summed E-state index contributed by atoms with van der Waals surface area (Å²) in [5.74, 6) is 1.49. The summed E-state index contributed by atoms with van der Waals surface area (Å²) in [6.07, 6.45) is 2.24. The number of rotatable bonds is 4. The highest BCUT2D eigenvalue weighted by Crippen LogP contribution is 2.34. The van der Waals surface area contributed by atoms with Crippen molar-refractivity contribution in [2.75, 3.05) is 13.7 Å². The van der Waals surface area contributed by atoms with Crippen LogP contribution in [-0.2, 0) is 6.42 Å². The van der Waals surface area contributed by atoms with E-state index in [0.29, 0.717) is 12.0 Å². The minimum Gasteiger partial charge on any atom is -0.493 e. The van der Waals surface area contributed by atoms with Crippen LogP contribution in [-0.4, -0.2) is 13.7 Å². The molecule has 0 saturated heterocycles. The molecule has 1 N–H and O–H groups in total. The van der Waals surface area contributed by atoms with Gasteiger partial charge in [-0.25, -0.2) is 0 Å². The van der Waals surface area contributed by atoms with Crippen molar-refractivity contribution < 1.29 is 4.74 Å². The number of likely N-dealkylation sites (N-methyl/N-ethyl adjacent to an activating group) is 1. The molecule has 2 aromatic rings. The third-order valence-electron chi connectivity index (χ3n) is 4.43. The van der Waals surface area contributed by atoms with E-state index in [1.165, 1.54) is 16.7 Å². The zero-order chi connectivity index (χ0) is 14.7. The van der Waals surface area contributed by atoms with Crippen LogP contribution in [0.3, 0.4) is 0 Å². The van der Waals surface area contributed by atoms with Gasteiger partial charge in [0, 0.05) is 12.0 Å². The van der Waals surface area contributed by atoms with E-state index in [2.05, 4.69) is 60.8 Å². The highest BCUT2D eigenvalue weighted by molar-refractivity contribution is 5.40. The lowest BCUT2D eigenvalue weighted by atomic mass is 9.87. The van der Waals surface area contributed by atoms with Crippen LogP contribution in [0.5, 0.6) is 5.75 Å². The van der Waals surface area contributed by atoms with Gasteiger partial charge in [-0.1, -0.05) is 49.4 Å². The van der Waals surface area contributed by atoms with Gasteiger partial charge in [0.1, 0.15) is 5.75 Å². The quantitative estimate of drug-likeness (QED) is 0.912. The van der Waals surface area contributed by atoms with Crippen molar-refractivity contribution >= 4 is 0 Å². The minimum absolute atomic E-state index is 0.319. The summed E-state index contributed by atoms with van der Waals surface area (Å²) in [4.78, 5) is 0. The van der Waals surface area contributed by atoms with Crippen LogP contribution < -0.4 is 10.1 Å². The van der Waals surface area contributed by atoms with Gasteiger partial charge < -0.3 is 10.1 Å². The van der Waals surface area contributed by atoms with Gasteiger partial charge in [-0.2, -0.15) is 0 Å². The number of aryl methyl sites for hydroxylation is 1. The Morgan fingerprint density at radius 3 is 2.62 bits per heavy atom. The first-order valence-electron chi connectivity index (χ1n) is 7.77. The Labute approximate surface area is 127 Å². The maximum Gasteiger partial charge on any atom is 0.122 e. The van der Waals surface area contributed by atoms with Crippen molar-refractivity contribution in [3.8, 4) is 5.75 Å². The Balaban J connectivity index is 1.89. The molecule has 0 fully saturated rings. The summed E-state index contributed by atoms with van der Waals surface area (Å²) < 4.78 is 5.72. The molecule has 21 heavy (non-hydrogen) atoms. The summed E-state index contributed by atoms with van der Waals surface area (Å²) in [6.45, 7) is 3.13.